The predicted octanol–water partition coefficient (Wildman–Crippen LogP) is 2.52. The van der Waals surface area contributed by atoms with Crippen molar-refractivity contribution in [2.75, 3.05) is 10.6 Å². The van der Waals surface area contributed by atoms with Gasteiger partial charge in [-0.1, -0.05) is 18.2 Å². The molecule has 0 radical (unpaired) electrons. The van der Waals surface area contributed by atoms with E-state index < -0.39 is 5.97 Å². The molecule has 0 aliphatic heterocycles. The molecule has 0 saturated carbocycles. The summed E-state index contributed by atoms with van der Waals surface area (Å²) in [5.41, 5.74) is 2.17. The van der Waals surface area contributed by atoms with Gasteiger partial charge in [0.25, 0.3) is 5.91 Å². The van der Waals surface area contributed by atoms with Crippen LogP contribution in [0.15, 0.2) is 48.5 Å². The summed E-state index contributed by atoms with van der Waals surface area (Å²) in [6, 6.07) is 13.2. The quantitative estimate of drug-likeness (QED) is 0.790. The van der Waals surface area contributed by atoms with E-state index in [-0.39, 0.29) is 18.2 Å². The van der Waals surface area contributed by atoms with Crippen LogP contribution < -0.4 is 10.6 Å². The predicted molar refractivity (Wildman–Crippen MR) is 86.5 cm³/mol. The number of carboxylic acids is 1. The Balaban J connectivity index is 2.06. The molecule has 2 amide bonds. The zero-order valence-electron chi connectivity index (χ0n) is 12.5. The lowest BCUT2D eigenvalue weighted by atomic mass is 10.1. The third kappa shape index (κ3) is 4.96. The Bertz CT molecular complexity index is 739. The minimum Gasteiger partial charge on any atom is -0.481 e. The van der Waals surface area contributed by atoms with Crippen LogP contribution in [0.4, 0.5) is 11.4 Å². The summed E-state index contributed by atoms with van der Waals surface area (Å²) in [6.45, 7) is 1.39. The van der Waals surface area contributed by atoms with Gasteiger partial charge in [-0.3, -0.25) is 14.4 Å². The first kappa shape index (κ1) is 16.2. The molecule has 0 spiro atoms. The number of hydrogen-bond donors (Lipinski definition) is 3. The summed E-state index contributed by atoms with van der Waals surface area (Å²) in [5, 5.41) is 14.1. The van der Waals surface area contributed by atoms with Crippen molar-refractivity contribution in [1.29, 1.82) is 0 Å². The Labute approximate surface area is 133 Å². The zero-order chi connectivity index (χ0) is 16.8. The fraction of sp³-hybridized carbons (Fsp3) is 0.118. The number of benzene rings is 2. The standard InChI is InChI=1S/C17H16N2O4/c1-11(20)18-15-4-2-3-13(10-15)17(23)19-14-7-5-12(6-8-14)9-16(21)22/h2-8,10H,9H2,1H3,(H,18,20)(H,19,23)(H,21,22). The second kappa shape index (κ2) is 7.22. The maximum Gasteiger partial charge on any atom is 0.307 e. The number of rotatable bonds is 5. The van der Waals surface area contributed by atoms with Gasteiger partial charge in [0.15, 0.2) is 0 Å². The fourth-order valence-corrected chi connectivity index (χ4v) is 2.03. The number of carboxylic acid groups (broad SMARTS) is 1. The number of carbonyl (C=O) groups excluding carboxylic acids is 2. The van der Waals surface area contributed by atoms with E-state index in [1.165, 1.54) is 6.92 Å². The molecule has 2 aromatic carbocycles. The molecule has 2 aromatic rings. The number of carbonyl (C=O) groups is 3. The summed E-state index contributed by atoms with van der Waals surface area (Å²) >= 11 is 0. The first-order chi connectivity index (χ1) is 10.9. The van der Waals surface area contributed by atoms with Gasteiger partial charge in [-0.15, -0.1) is 0 Å². The van der Waals surface area contributed by atoms with Crippen LogP contribution in [-0.4, -0.2) is 22.9 Å². The van der Waals surface area contributed by atoms with Gasteiger partial charge in [0.2, 0.25) is 5.91 Å². The van der Waals surface area contributed by atoms with Crippen LogP contribution in [0.3, 0.4) is 0 Å². The van der Waals surface area contributed by atoms with Crippen LogP contribution in [0.5, 0.6) is 0 Å². The molecule has 0 fully saturated rings. The van der Waals surface area contributed by atoms with Crippen LogP contribution in [0.1, 0.15) is 22.8 Å². The largest absolute Gasteiger partial charge is 0.481 e. The van der Waals surface area contributed by atoms with Crippen molar-refractivity contribution in [2.24, 2.45) is 0 Å². The highest BCUT2D eigenvalue weighted by atomic mass is 16.4. The zero-order valence-corrected chi connectivity index (χ0v) is 12.5. The van der Waals surface area contributed by atoms with E-state index in [1.54, 1.807) is 48.5 Å². The molecule has 0 aliphatic carbocycles. The van der Waals surface area contributed by atoms with Gasteiger partial charge >= 0.3 is 5.97 Å². The monoisotopic (exact) mass is 312 g/mol. The van der Waals surface area contributed by atoms with E-state index in [2.05, 4.69) is 10.6 Å². The molecule has 0 atom stereocenters. The summed E-state index contributed by atoms with van der Waals surface area (Å²) < 4.78 is 0. The number of hydrogen-bond acceptors (Lipinski definition) is 3. The van der Waals surface area contributed by atoms with Crippen molar-refractivity contribution in [3.63, 3.8) is 0 Å². The highest BCUT2D eigenvalue weighted by molar-refractivity contribution is 6.05. The van der Waals surface area contributed by atoms with Gasteiger partial charge in [-0.25, -0.2) is 0 Å². The molecule has 23 heavy (non-hydrogen) atoms. The number of aliphatic carboxylic acids is 1. The summed E-state index contributed by atoms with van der Waals surface area (Å²) in [6.07, 6.45) is -0.0625. The van der Waals surface area contributed by atoms with E-state index in [1.807, 2.05) is 0 Å². The third-order valence-corrected chi connectivity index (χ3v) is 3.01. The highest BCUT2D eigenvalue weighted by Crippen LogP contribution is 2.14. The van der Waals surface area contributed by atoms with Crippen molar-refractivity contribution < 1.29 is 19.5 Å². The minimum atomic E-state index is -0.906. The molecule has 0 saturated heterocycles. The molecule has 118 valence electrons. The van der Waals surface area contributed by atoms with Gasteiger partial charge in [0, 0.05) is 23.9 Å². The van der Waals surface area contributed by atoms with E-state index >= 15 is 0 Å². The summed E-state index contributed by atoms with van der Waals surface area (Å²) in [7, 11) is 0. The average molecular weight is 312 g/mol. The van der Waals surface area contributed by atoms with E-state index in [9.17, 15) is 14.4 Å². The summed E-state index contributed by atoms with van der Waals surface area (Å²) in [4.78, 5) is 33.9. The Hall–Kier alpha value is -3.15. The van der Waals surface area contributed by atoms with Gasteiger partial charge in [0.1, 0.15) is 0 Å². The molecular weight excluding hydrogens is 296 g/mol. The van der Waals surface area contributed by atoms with Crippen LogP contribution in [0, 0.1) is 0 Å². The SMILES string of the molecule is CC(=O)Nc1cccc(C(=O)Nc2ccc(CC(=O)O)cc2)c1. The lowest BCUT2D eigenvalue weighted by Crippen LogP contribution is -2.13. The number of amides is 2. The maximum atomic E-state index is 12.2. The molecule has 0 aliphatic rings. The Morgan fingerprint density at radius 3 is 2.26 bits per heavy atom. The maximum absolute atomic E-state index is 12.2. The van der Waals surface area contributed by atoms with Crippen LogP contribution in [0.2, 0.25) is 0 Å². The Morgan fingerprint density at radius 1 is 0.957 bits per heavy atom. The number of anilines is 2. The molecular formula is C17H16N2O4. The van der Waals surface area contributed by atoms with E-state index in [4.69, 9.17) is 5.11 Å². The third-order valence-electron chi connectivity index (χ3n) is 3.01. The van der Waals surface area contributed by atoms with Crippen molar-refractivity contribution in [3.8, 4) is 0 Å². The normalized spacial score (nSPS) is 9.96. The molecule has 6 nitrogen and oxygen atoms in total. The molecule has 0 heterocycles. The first-order valence-corrected chi connectivity index (χ1v) is 6.94. The van der Waals surface area contributed by atoms with Crippen LogP contribution in [0.25, 0.3) is 0 Å². The van der Waals surface area contributed by atoms with Gasteiger partial charge in [-0.05, 0) is 35.9 Å². The van der Waals surface area contributed by atoms with Crippen molar-refractivity contribution >= 4 is 29.2 Å². The van der Waals surface area contributed by atoms with Gasteiger partial charge < -0.3 is 15.7 Å². The topological polar surface area (TPSA) is 95.5 Å². The van der Waals surface area contributed by atoms with E-state index in [0.717, 1.165) is 0 Å². The van der Waals surface area contributed by atoms with Crippen molar-refractivity contribution in [2.45, 2.75) is 13.3 Å². The molecule has 0 aromatic heterocycles. The lowest BCUT2D eigenvalue weighted by Gasteiger charge is -2.08. The van der Waals surface area contributed by atoms with Crippen molar-refractivity contribution in [3.05, 3.63) is 59.7 Å². The van der Waals surface area contributed by atoms with Crippen LogP contribution in [-0.2, 0) is 16.0 Å². The second-order valence-corrected chi connectivity index (χ2v) is 4.98. The van der Waals surface area contributed by atoms with Crippen molar-refractivity contribution in [1.82, 2.24) is 0 Å². The fourth-order valence-electron chi connectivity index (χ4n) is 2.03. The minimum absolute atomic E-state index is 0.0625. The molecule has 6 heteroatoms. The Kier molecular flexibility index (Phi) is 5.09. The second-order valence-electron chi connectivity index (χ2n) is 4.98. The first-order valence-electron chi connectivity index (χ1n) is 6.94. The average Bonchev–Trinajstić information content (AvgIpc) is 2.48. The van der Waals surface area contributed by atoms with Gasteiger partial charge in [-0.2, -0.15) is 0 Å². The van der Waals surface area contributed by atoms with E-state index in [0.29, 0.717) is 22.5 Å². The highest BCUT2D eigenvalue weighted by Gasteiger charge is 2.08. The molecule has 2 rings (SSSR count). The number of nitrogens with one attached hydrogen (secondary N) is 2. The smallest absolute Gasteiger partial charge is 0.307 e. The Morgan fingerprint density at radius 2 is 1.65 bits per heavy atom. The lowest BCUT2D eigenvalue weighted by molar-refractivity contribution is -0.136. The molecule has 0 bridgehead atoms. The van der Waals surface area contributed by atoms with Gasteiger partial charge in [0.05, 0.1) is 6.42 Å². The van der Waals surface area contributed by atoms with Crippen LogP contribution >= 0.6 is 0 Å². The molecule has 3 N–H and O–H groups in total. The molecule has 0 unspecified atom stereocenters. The summed E-state index contributed by atoms with van der Waals surface area (Å²) in [5.74, 6) is -1.43.